The van der Waals surface area contributed by atoms with Gasteiger partial charge in [0.05, 0.1) is 22.6 Å². The lowest BCUT2D eigenvalue weighted by Crippen LogP contribution is -2.30. The first-order valence-electron chi connectivity index (χ1n) is 10.4. The summed E-state index contributed by atoms with van der Waals surface area (Å²) in [6, 6.07) is 13.7. The molecule has 0 atom stereocenters. The van der Waals surface area contributed by atoms with Crippen LogP contribution in [0.1, 0.15) is 42.8 Å². The number of ether oxygens (including phenoxy) is 1. The number of benzene rings is 2. The third kappa shape index (κ3) is 5.19. The van der Waals surface area contributed by atoms with E-state index in [9.17, 15) is 13.2 Å². The fourth-order valence-electron chi connectivity index (χ4n) is 3.33. The first kappa shape index (κ1) is 23.1. The van der Waals surface area contributed by atoms with Crippen LogP contribution in [-0.2, 0) is 10.0 Å². The summed E-state index contributed by atoms with van der Waals surface area (Å²) in [6.45, 7) is 4.87. The maximum atomic E-state index is 13.2. The van der Waals surface area contributed by atoms with E-state index >= 15 is 0 Å². The van der Waals surface area contributed by atoms with Crippen molar-refractivity contribution in [3.8, 4) is 5.75 Å². The molecule has 0 aliphatic heterocycles. The second kappa shape index (κ2) is 10.2. The summed E-state index contributed by atoms with van der Waals surface area (Å²) in [6.07, 6.45) is 3.16. The van der Waals surface area contributed by atoms with Gasteiger partial charge < -0.3 is 10.1 Å². The SMILES string of the molecule is CCCCCNC(=O)c1cc2cc(N(CC)S(=O)(=O)c3ccc(OC)cc3)ccc2s1. The smallest absolute Gasteiger partial charge is 0.264 e. The minimum absolute atomic E-state index is 0.0861. The molecule has 3 rings (SSSR count). The van der Waals surface area contributed by atoms with Crippen molar-refractivity contribution in [2.24, 2.45) is 0 Å². The normalized spacial score (nSPS) is 11.5. The molecular formula is C23H28N2O4S2. The van der Waals surface area contributed by atoms with Crippen molar-refractivity contribution < 1.29 is 17.9 Å². The summed E-state index contributed by atoms with van der Waals surface area (Å²) in [5.74, 6) is 0.513. The molecule has 0 unspecified atom stereocenters. The second-order valence-corrected chi connectivity index (χ2v) is 10.1. The molecule has 31 heavy (non-hydrogen) atoms. The number of nitrogens with one attached hydrogen (secondary N) is 1. The molecule has 0 aliphatic carbocycles. The zero-order valence-corrected chi connectivity index (χ0v) is 19.7. The first-order valence-corrected chi connectivity index (χ1v) is 12.6. The molecule has 0 spiro atoms. The summed E-state index contributed by atoms with van der Waals surface area (Å²) in [7, 11) is -2.18. The number of rotatable bonds is 10. The highest BCUT2D eigenvalue weighted by molar-refractivity contribution is 7.92. The number of sulfonamides is 1. The highest BCUT2D eigenvalue weighted by atomic mass is 32.2. The largest absolute Gasteiger partial charge is 0.497 e. The molecule has 3 aromatic rings. The molecule has 0 radical (unpaired) electrons. The number of hydrogen-bond acceptors (Lipinski definition) is 5. The maximum absolute atomic E-state index is 13.2. The molecule has 6 nitrogen and oxygen atoms in total. The third-order valence-corrected chi connectivity index (χ3v) is 8.04. The Balaban J connectivity index is 1.85. The van der Waals surface area contributed by atoms with Crippen molar-refractivity contribution >= 4 is 43.0 Å². The van der Waals surface area contributed by atoms with Crippen LogP contribution < -0.4 is 14.4 Å². The number of hydrogen-bond donors (Lipinski definition) is 1. The number of fused-ring (bicyclic) bond motifs is 1. The van der Waals surface area contributed by atoms with Crippen molar-refractivity contribution in [3.63, 3.8) is 0 Å². The molecule has 0 saturated heterocycles. The van der Waals surface area contributed by atoms with Crippen LogP contribution >= 0.6 is 11.3 Å². The molecule has 0 bridgehead atoms. The lowest BCUT2D eigenvalue weighted by molar-refractivity contribution is 0.0957. The van der Waals surface area contributed by atoms with E-state index in [4.69, 9.17) is 4.74 Å². The molecule has 8 heteroatoms. The monoisotopic (exact) mass is 460 g/mol. The van der Waals surface area contributed by atoms with Gasteiger partial charge in [0.2, 0.25) is 0 Å². The Labute approximate surface area is 187 Å². The molecule has 1 heterocycles. The van der Waals surface area contributed by atoms with Gasteiger partial charge in [0.25, 0.3) is 15.9 Å². The predicted molar refractivity (Wildman–Crippen MR) is 127 cm³/mol. The lowest BCUT2D eigenvalue weighted by Gasteiger charge is -2.23. The number of amides is 1. The lowest BCUT2D eigenvalue weighted by atomic mass is 10.2. The predicted octanol–water partition coefficient (Wildman–Crippen LogP) is 5.05. The van der Waals surface area contributed by atoms with Crippen molar-refractivity contribution in [1.29, 1.82) is 0 Å². The van der Waals surface area contributed by atoms with E-state index in [2.05, 4.69) is 12.2 Å². The molecule has 166 valence electrons. The molecule has 0 saturated carbocycles. The number of nitrogens with zero attached hydrogens (tertiary/aromatic N) is 1. The quantitative estimate of drug-likeness (QED) is 0.430. The first-order chi connectivity index (χ1) is 14.9. The van der Waals surface area contributed by atoms with Crippen LogP contribution in [0.15, 0.2) is 53.4 Å². The Kier molecular flexibility index (Phi) is 7.56. The van der Waals surface area contributed by atoms with Gasteiger partial charge >= 0.3 is 0 Å². The van der Waals surface area contributed by atoms with Crippen molar-refractivity contribution in [3.05, 3.63) is 53.4 Å². The van der Waals surface area contributed by atoms with Crippen LogP contribution in [0.4, 0.5) is 5.69 Å². The van der Waals surface area contributed by atoms with Crippen LogP contribution in [0.3, 0.4) is 0 Å². The number of carbonyl (C=O) groups excluding carboxylic acids is 1. The summed E-state index contributed by atoms with van der Waals surface area (Å²) >= 11 is 1.41. The summed E-state index contributed by atoms with van der Waals surface area (Å²) < 4.78 is 33.9. The average molecular weight is 461 g/mol. The van der Waals surface area contributed by atoms with E-state index in [1.54, 1.807) is 37.3 Å². The molecule has 2 aromatic carbocycles. The average Bonchev–Trinajstić information content (AvgIpc) is 3.20. The molecular weight excluding hydrogens is 432 g/mol. The zero-order chi connectivity index (χ0) is 22.4. The standard InChI is InChI=1S/C23H28N2O4S2/c1-4-6-7-14-24-23(26)22-16-17-15-18(8-13-21(17)30-22)25(5-2)31(27,28)20-11-9-19(29-3)10-12-20/h8-13,15-16H,4-7,14H2,1-3H3,(H,24,26). The fraction of sp³-hybridized carbons (Fsp3) is 0.348. The Morgan fingerprint density at radius 2 is 1.81 bits per heavy atom. The summed E-state index contributed by atoms with van der Waals surface area (Å²) in [5, 5.41) is 3.80. The van der Waals surface area contributed by atoms with Gasteiger partial charge in [0, 0.05) is 17.8 Å². The zero-order valence-electron chi connectivity index (χ0n) is 18.1. The van der Waals surface area contributed by atoms with Gasteiger partial charge in [-0.05, 0) is 67.3 Å². The van der Waals surface area contributed by atoms with Crippen LogP contribution in [0.5, 0.6) is 5.75 Å². The number of unbranched alkanes of at least 4 members (excludes halogenated alkanes) is 2. The molecule has 0 aliphatic rings. The molecule has 1 N–H and O–H groups in total. The van der Waals surface area contributed by atoms with Crippen molar-refractivity contribution in [2.45, 2.75) is 38.0 Å². The topological polar surface area (TPSA) is 75.7 Å². The Hall–Kier alpha value is -2.58. The van der Waals surface area contributed by atoms with Gasteiger partial charge in [0.1, 0.15) is 5.75 Å². The Morgan fingerprint density at radius 3 is 2.45 bits per heavy atom. The fourth-order valence-corrected chi connectivity index (χ4v) is 5.75. The highest BCUT2D eigenvalue weighted by Gasteiger charge is 2.24. The molecule has 1 aromatic heterocycles. The maximum Gasteiger partial charge on any atom is 0.264 e. The molecule has 1 amide bonds. The van der Waals surface area contributed by atoms with Gasteiger partial charge in [0.15, 0.2) is 0 Å². The number of anilines is 1. The molecule has 0 fully saturated rings. The number of thiophene rings is 1. The van der Waals surface area contributed by atoms with Crippen LogP contribution in [0.2, 0.25) is 0 Å². The van der Waals surface area contributed by atoms with E-state index < -0.39 is 10.0 Å². The van der Waals surface area contributed by atoms with Crippen molar-refractivity contribution in [1.82, 2.24) is 5.32 Å². The van der Waals surface area contributed by atoms with Gasteiger partial charge in [-0.2, -0.15) is 0 Å². The number of carbonyl (C=O) groups is 1. The van der Waals surface area contributed by atoms with Gasteiger partial charge in [-0.3, -0.25) is 9.10 Å². The minimum atomic E-state index is -3.72. The van der Waals surface area contributed by atoms with Gasteiger partial charge in [-0.1, -0.05) is 19.8 Å². The van der Waals surface area contributed by atoms with Crippen LogP contribution in [-0.4, -0.2) is 34.5 Å². The summed E-state index contributed by atoms with van der Waals surface area (Å²) in [5.41, 5.74) is 0.568. The van der Waals surface area contributed by atoms with Crippen LogP contribution in [0.25, 0.3) is 10.1 Å². The van der Waals surface area contributed by atoms with E-state index in [1.165, 1.54) is 22.8 Å². The van der Waals surface area contributed by atoms with E-state index in [1.807, 2.05) is 18.2 Å². The van der Waals surface area contributed by atoms with Crippen molar-refractivity contribution in [2.75, 3.05) is 24.5 Å². The Morgan fingerprint density at radius 1 is 1.06 bits per heavy atom. The van der Waals surface area contributed by atoms with E-state index in [0.29, 0.717) is 22.9 Å². The summed E-state index contributed by atoms with van der Waals surface area (Å²) in [4.78, 5) is 13.3. The Bertz CT molecular complexity index is 1140. The highest BCUT2D eigenvalue weighted by Crippen LogP contribution is 2.32. The van der Waals surface area contributed by atoms with E-state index in [-0.39, 0.29) is 17.3 Å². The second-order valence-electron chi connectivity index (χ2n) is 7.14. The minimum Gasteiger partial charge on any atom is -0.497 e. The van der Waals surface area contributed by atoms with Crippen LogP contribution in [0, 0.1) is 0 Å². The van der Waals surface area contributed by atoms with Gasteiger partial charge in [-0.25, -0.2) is 8.42 Å². The third-order valence-electron chi connectivity index (χ3n) is 5.01. The van der Waals surface area contributed by atoms with E-state index in [0.717, 1.165) is 29.3 Å². The number of methoxy groups -OCH3 is 1. The van der Waals surface area contributed by atoms with Gasteiger partial charge in [-0.15, -0.1) is 11.3 Å².